The van der Waals surface area contributed by atoms with E-state index in [2.05, 4.69) is 16.7 Å². The van der Waals surface area contributed by atoms with Crippen LogP contribution in [0.1, 0.15) is 12.8 Å². The molecule has 25 heavy (non-hydrogen) atoms. The molecule has 0 saturated carbocycles. The number of benzene rings is 2. The number of nitrogens with one attached hydrogen (secondary N) is 2. The summed E-state index contributed by atoms with van der Waals surface area (Å²) in [6.07, 6.45) is 1.96. The van der Waals surface area contributed by atoms with Crippen molar-refractivity contribution in [3.8, 4) is 11.5 Å². The average molecular weight is 342 g/mol. The monoisotopic (exact) mass is 342 g/mol. The van der Waals surface area contributed by atoms with Gasteiger partial charge in [0.1, 0.15) is 22.7 Å². The zero-order chi connectivity index (χ0) is 17.5. The summed E-state index contributed by atoms with van der Waals surface area (Å²) >= 11 is 0. The molecule has 3 aromatic rings. The number of hydrogen-bond acceptors (Lipinski definition) is 5. The van der Waals surface area contributed by atoms with Gasteiger partial charge in [-0.25, -0.2) is 0 Å². The molecule has 2 N–H and O–H groups in total. The van der Waals surface area contributed by atoms with Crippen molar-refractivity contribution in [1.29, 1.82) is 0 Å². The van der Waals surface area contributed by atoms with Crippen LogP contribution < -0.4 is 20.1 Å². The molecule has 0 aliphatic heterocycles. The Hall–Kier alpha value is -2.24. The largest absolute Gasteiger partial charge is 0.494 e. The molecule has 134 valence electrons. The molecule has 5 heteroatoms. The number of furan rings is 1. The third-order valence-electron chi connectivity index (χ3n) is 4.09. The topological polar surface area (TPSA) is 55.7 Å². The van der Waals surface area contributed by atoms with Gasteiger partial charge in [-0.05, 0) is 70.4 Å². The predicted molar refractivity (Wildman–Crippen MR) is 102 cm³/mol. The Balaban J connectivity index is 1.74. The molecule has 0 spiro atoms. The fourth-order valence-corrected chi connectivity index (χ4v) is 2.79. The summed E-state index contributed by atoms with van der Waals surface area (Å²) in [6.45, 7) is 3.29. The molecule has 0 aliphatic rings. The van der Waals surface area contributed by atoms with Crippen LogP contribution in [0.4, 0.5) is 0 Å². The lowest BCUT2D eigenvalue weighted by molar-refractivity contribution is 0.310. The maximum absolute atomic E-state index is 5.96. The molecule has 1 aromatic heterocycles. The Morgan fingerprint density at radius 3 is 2.08 bits per heavy atom. The zero-order valence-corrected chi connectivity index (χ0v) is 14.9. The second-order valence-electron chi connectivity index (χ2n) is 6.03. The van der Waals surface area contributed by atoms with Crippen LogP contribution in [-0.4, -0.2) is 40.4 Å². The van der Waals surface area contributed by atoms with Crippen molar-refractivity contribution in [2.24, 2.45) is 0 Å². The van der Waals surface area contributed by atoms with Crippen molar-refractivity contribution >= 4 is 21.9 Å². The van der Waals surface area contributed by atoms with E-state index in [9.17, 15) is 0 Å². The van der Waals surface area contributed by atoms with Gasteiger partial charge >= 0.3 is 0 Å². The summed E-state index contributed by atoms with van der Waals surface area (Å²) in [5, 5.41) is 8.39. The third kappa shape index (κ3) is 4.44. The van der Waals surface area contributed by atoms with E-state index in [0.29, 0.717) is 13.2 Å². The number of ether oxygens (including phenoxy) is 2. The van der Waals surface area contributed by atoms with Gasteiger partial charge in [0.25, 0.3) is 0 Å². The van der Waals surface area contributed by atoms with Crippen LogP contribution in [0.5, 0.6) is 11.5 Å². The summed E-state index contributed by atoms with van der Waals surface area (Å²) in [5.74, 6) is 1.71. The Morgan fingerprint density at radius 1 is 0.760 bits per heavy atom. The Bertz CT molecular complexity index is 813. The smallest absolute Gasteiger partial charge is 0.139 e. The highest BCUT2D eigenvalue weighted by atomic mass is 16.5. The van der Waals surface area contributed by atoms with E-state index in [1.165, 1.54) is 0 Å². The normalized spacial score (nSPS) is 11.3. The van der Waals surface area contributed by atoms with Crippen LogP contribution in [0.2, 0.25) is 0 Å². The summed E-state index contributed by atoms with van der Waals surface area (Å²) in [5.41, 5.74) is 1.71. The van der Waals surface area contributed by atoms with Crippen molar-refractivity contribution in [3.63, 3.8) is 0 Å². The van der Waals surface area contributed by atoms with Crippen LogP contribution in [0.25, 0.3) is 21.9 Å². The molecular formula is C20H26N2O3. The lowest BCUT2D eigenvalue weighted by Crippen LogP contribution is -2.11. The molecule has 0 aliphatic carbocycles. The second-order valence-corrected chi connectivity index (χ2v) is 6.03. The minimum absolute atomic E-state index is 0.692. The van der Waals surface area contributed by atoms with Gasteiger partial charge in [-0.3, -0.25) is 0 Å². The number of hydrogen-bond donors (Lipinski definition) is 2. The second kappa shape index (κ2) is 8.74. The van der Waals surface area contributed by atoms with Gasteiger partial charge in [0.05, 0.1) is 13.2 Å². The van der Waals surface area contributed by atoms with Gasteiger partial charge in [0, 0.05) is 16.8 Å². The number of rotatable bonds is 10. The van der Waals surface area contributed by atoms with Crippen molar-refractivity contribution in [1.82, 2.24) is 10.6 Å². The van der Waals surface area contributed by atoms with Gasteiger partial charge in [0.2, 0.25) is 0 Å². The maximum atomic E-state index is 5.96. The summed E-state index contributed by atoms with van der Waals surface area (Å²) in [4.78, 5) is 0. The SMILES string of the molecule is CNCCCOc1ccc2c(c1)oc1ccc(OCCCNC)cc12. The Labute approximate surface area is 148 Å². The fourth-order valence-electron chi connectivity index (χ4n) is 2.79. The quantitative estimate of drug-likeness (QED) is 0.552. The van der Waals surface area contributed by atoms with E-state index in [4.69, 9.17) is 13.9 Å². The van der Waals surface area contributed by atoms with Crippen molar-refractivity contribution in [3.05, 3.63) is 36.4 Å². The highest BCUT2D eigenvalue weighted by Gasteiger charge is 2.09. The van der Waals surface area contributed by atoms with Crippen molar-refractivity contribution < 1.29 is 13.9 Å². The van der Waals surface area contributed by atoms with Crippen LogP contribution in [0.3, 0.4) is 0 Å². The highest BCUT2D eigenvalue weighted by molar-refractivity contribution is 6.05. The summed E-state index contributed by atoms with van der Waals surface area (Å²) in [6, 6.07) is 12.0. The van der Waals surface area contributed by atoms with Gasteiger partial charge in [-0.2, -0.15) is 0 Å². The fraction of sp³-hybridized carbons (Fsp3) is 0.400. The van der Waals surface area contributed by atoms with Crippen LogP contribution in [-0.2, 0) is 0 Å². The van der Waals surface area contributed by atoms with E-state index in [0.717, 1.165) is 59.4 Å². The lowest BCUT2D eigenvalue weighted by Gasteiger charge is -2.06. The Kier molecular flexibility index (Phi) is 6.14. The molecule has 0 unspecified atom stereocenters. The van der Waals surface area contributed by atoms with Gasteiger partial charge in [-0.1, -0.05) is 0 Å². The molecule has 0 radical (unpaired) electrons. The minimum atomic E-state index is 0.692. The minimum Gasteiger partial charge on any atom is -0.494 e. The zero-order valence-electron chi connectivity index (χ0n) is 14.9. The van der Waals surface area contributed by atoms with Crippen molar-refractivity contribution in [2.45, 2.75) is 12.8 Å². The van der Waals surface area contributed by atoms with Crippen LogP contribution in [0.15, 0.2) is 40.8 Å². The molecule has 5 nitrogen and oxygen atoms in total. The van der Waals surface area contributed by atoms with Crippen molar-refractivity contribution in [2.75, 3.05) is 40.4 Å². The van der Waals surface area contributed by atoms with Gasteiger partial charge in [0.15, 0.2) is 0 Å². The van der Waals surface area contributed by atoms with E-state index >= 15 is 0 Å². The van der Waals surface area contributed by atoms with Gasteiger partial charge in [-0.15, -0.1) is 0 Å². The molecule has 0 atom stereocenters. The van der Waals surface area contributed by atoms with E-state index in [1.54, 1.807) is 0 Å². The third-order valence-corrected chi connectivity index (χ3v) is 4.09. The van der Waals surface area contributed by atoms with Crippen LogP contribution in [0, 0.1) is 0 Å². The maximum Gasteiger partial charge on any atom is 0.139 e. The van der Waals surface area contributed by atoms with E-state index in [-0.39, 0.29) is 0 Å². The lowest BCUT2D eigenvalue weighted by atomic mass is 10.1. The molecule has 1 heterocycles. The first-order chi connectivity index (χ1) is 12.3. The molecule has 2 aromatic carbocycles. The summed E-state index contributed by atoms with van der Waals surface area (Å²) < 4.78 is 17.6. The first-order valence-electron chi connectivity index (χ1n) is 8.83. The van der Waals surface area contributed by atoms with Gasteiger partial charge < -0.3 is 24.5 Å². The molecule has 0 amide bonds. The molecule has 3 rings (SSSR count). The molecule has 0 bridgehead atoms. The first kappa shape index (κ1) is 17.6. The number of fused-ring (bicyclic) bond motifs is 3. The average Bonchev–Trinajstić information content (AvgIpc) is 2.99. The highest BCUT2D eigenvalue weighted by Crippen LogP contribution is 2.33. The first-order valence-corrected chi connectivity index (χ1v) is 8.83. The van der Waals surface area contributed by atoms with E-state index in [1.807, 2.05) is 44.4 Å². The molecule has 0 saturated heterocycles. The molecular weight excluding hydrogens is 316 g/mol. The van der Waals surface area contributed by atoms with Crippen LogP contribution >= 0.6 is 0 Å². The predicted octanol–water partition coefficient (Wildman–Crippen LogP) is 3.56. The standard InChI is InChI=1S/C20H26N2O3/c1-21-9-3-11-23-15-6-8-19-18(13-15)17-7-5-16(14-20(17)25-19)24-12-4-10-22-2/h5-8,13-14,21-22H,3-4,9-12H2,1-2H3. The summed E-state index contributed by atoms with van der Waals surface area (Å²) in [7, 11) is 3.89. The van der Waals surface area contributed by atoms with E-state index < -0.39 is 0 Å². The Morgan fingerprint density at radius 2 is 1.40 bits per heavy atom. The molecule has 0 fully saturated rings.